The second-order valence-corrected chi connectivity index (χ2v) is 7.60. The molecule has 2 aliphatic rings. The van der Waals surface area contributed by atoms with Crippen molar-refractivity contribution in [2.24, 2.45) is 0 Å². The molecule has 1 aromatic carbocycles. The highest BCUT2D eigenvalue weighted by Gasteiger charge is 2.34. The van der Waals surface area contributed by atoms with E-state index in [0.29, 0.717) is 25.9 Å². The number of hydrogen-bond acceptors (Lipinski definition) is 4. The number of carbonyl (C=O) groups is 2. The Morgan fingerprint density at radius 3 is 2.38 bits per heavy atom. The minimum atomic E-state index is -0.564. The topological polar surface area (TPSA) is 49.9 Å². The summed E-state index contributed by atoms with van der Waals surface area (Å²) in [5.41, 5.74) is 2.67. The second kappa shape index (κ2) is 6.46. The molecule has 0 radical (unpaired) electrons. The molecule has 2 aliphatic heterocycles. The van der Waals surface area contributed by atoms with Gasteiger partial charge in [-0.2, -0.15) is 0 Å². The molecule has 5 heteroatoms. The van der Waals surface area contributed by atoms with Gasteiger partial charge >= 0.3 is 5.97 Å². The Balaban J connectivity index is 1.66. The first-order valence-electron chi connectivity index (χ1n) is 8.69. The van der Waals surface area contributed by atoms with E-state index in [-0.39, 0.29) is 17.3 Å². The molecule has 1 amide bonds. The number of para-hydroxylation sites is 1. The minimum Gasteiger partial charge on any atom is -0.452 e. The Morgan fingerprint density at radius 1 is 1.12 bits per heavy atom. The largest absolute Gasteiger partial charge is 0.452 e. The normalized spacial score (nSPS) is 21.8. The van der Waals surface area contributed by atoms with E-state index in [2.05, 4.69) is 49.9 Å². The van der Waals surface area contributed by atoms with Gasteiger partial charge in [0, 0.05) is 44.7 Å². The van der Waals surface area contributed by atoms with E-state index >= 15 is 0 Å². The lowest BCUT2D eigenvalue weighted by Crippen LogP contribution is -2.51. The van der Waals surface area contributed by atoms with Crippen LogP contribution in [0.5, 0.6) is 0 Å². The van der Waals surface area contributed by atoms with Crippen molar-refractivity contribution < 1.29 is 14.3 Å². The standard InChI is InChI=1S/C19H26N2O3/c1-19(2,3)14-6-4-5-7-15(14)20-10-12-21(13-11-20)18(23)16-8-9-17(22)24-16/h4-7,16H,8-13H2,1-3H3. The van der Waals surface area contributed by atoms with E-state index in [4.69, 9.17) is 4.74 Å². The summed E-state index contributed by atoms with van der Waals surface area (Å²) in [6.45, 7) is 9.62. The zero-order valence-electron chi connectivity index (χ0n) is 14.7. The first kappa shape index (κ1) is 16.8. The van der Waals surface area contributed by atoms with E-state index in [1.165, 1.54) is 11.3 Å². The minimum absolute atomic E-state index is 0.0374. The van der Waals surface area contributed by atoms with Gasteiger partial charge in [0.05, 0.1) is 0 Å². The lowest BCUT2D eigenvalue weighted by Gasteiger charge is -2.39. The fraction of sp³-hybridized carbons (Fsp3) is 0.579. The highest BCUT2D eigenvalue weighted by Crippen LogP contribution is 2.32. The maximum atomic E-state index is 12.4. The van der Waals surface area contributed by atoms with Crippen LogP contribution < -0.4 is 4.90 Å². The summed E-state index contributed by atoms with van der Waals surface area (Å²) >= 11 is 0. The molecule has 2 heterocycles. The van der Waals surface area contributed by atoms with Gasteiger partial charge in [-0.25, -0.2) is 0 Å². The SMILES string of the molecule is CC(C)(C)c1ccccc1N1CCN(C(=O)C2CCC(=O)O2)CC1. The Kier molecular flexibility index (Phi) is 4.52. The van der Waals surface area contributed by atoms with Crippen molar-refractivity contribution in [3.63, 3.8) is 0 Å². The van der Waals surface area contributed by atoms with Gasteiger partial charge in [-0.3, -0.25) is 9.59 Å². The fourth-order valence-electron chi connectivity index (χ4n) is 3.45. The summed E-state index contributed by atoms with van der Waals surface area (Å²) in [4.78, 5) is 27.8. The van der Waals surface area contributed by atoms with Gasteiger partial charge in [-0.05, 0) is 17.0 Å². The number of piperazine rings is 1. The molecule has 2 fully saturated rings. The van der Waals surface area contributed by atoms with Crippen LogP contribution in [-0.2, 0) is 19.7 Å². The van der Waals surface area contributed by atoms with Crippen molar-refractivity contribution in [2.75, 3.05) is 31.1 Å². The molecule has 1 aromatic rings. The van der Waals surface area contributed by atoms with Crippen molar-refractivity contribution in [3.05, 3.63) is 29.8 Å². The van der Waals surface area contributed by atoms with Crippen molar-refractivity contribution in [3.8, 4) is 0 Å². The third-order valence-electron chi connectivity index (χ3n) is 4.80. The molecule has 0 spiro atoms. The number of esters is 1. The summed E-state index contributed by atoms with van der Waals surface area (Å²) in [6.07, 6.45) is 0.311. The van der Waals surface area contributed by atoms with E-state index < -0.39 is 6.10 Å². The molecule has 0 saturated carbocycles. The van der Waals surface area contributed by atoms with E-state index in [1.54, 1.807) is 0 Å². The molecule has 3 rings (SSSR count). The average Bonchev–Trinajstić information content (AvgIpc) is 3.00. The maximum absolute atomic E-state index is 12.4. The number of amides is 1. The predicted octanol–water partition coefficient (Wildman–Crippen LogP) is 2.34. The molecule has 0 aromatic heterocycles. The van der Waals surface area contributed by atoms with Crippen LogP contribution in [0, 0.1) is 0 Å². The molecule has 5 nitrogen and oxygen atoms in total. The smallest absolute Gasteiger partial charge is 0.306 e. The summed E-state index contributed by atoms with van der Waals surface area (Å²) in [5, 5.41) is 0. The van der Waals surface area contributed by atoms with E-state index in [1.807, 2.05) is 4.90 Å². The van der Waals surface area contributed by atoms with Crippen LogP contribution in [-0.4, -0.2) is 49.1 Å². The molecule has 2 saturated heterocycles. The fourth-order valence-corrected chi connectivity index (χ4v) is 3.45. The molecule has 0 aliphatic carbocycles. The van der Waals surface area contributed by atoms with Gasteiger partial charge in [-0.15, -0.1) is 0 Å². The Hall–Kier alpha value is -2.04. The maximum Gasteiger partial charge on any atom is 0.306 e. The number of ether oxygens (including phenoxy) is 1. The Labute approximate surface area is 143 Å². The van der Waals surface area contributed by atoms with Crippen LogP contribution in [0.3, 0.4) is 0 Å². The first-order chi connectivity index (χ1) is 11.4. The third-order valence-corrected chi connectivity index (χ3v) is 4.80. The number of nitrogens with zero attached hydrogens (tertiary/aromatic N) is 2. The van der Waals surface area contributed by atoms with Gasteiger partial charge < -0.3 is 14.5 Å². The number of carbonyl (C=O) groups excluding carboxylic acids is 2. The van der Waals surface area contributed by atoms with Crippen LogP contribution >= 0.6 is 0 Å². The van der Waals surface area contributed by atoms with Crippen molar-refractivity contribution >= 4 is 17.6 Å². The average molecular weight is 330 g/mol. The Morgan fingerprint density at radius 2 is 1.79 bits per heavy atom. The molecular weight excluding hydrogens is 304 g/mol. The van der Waals surface area contributed by atoms with Crippen LogP contribution in [0.15, 0.2) is 24.3 Å². The number of anilines is 1. The molecule has 0 N–H and O–H groups in total. The van der Waals surface area contributed by atoms with Crippen LogP contribution in [0.25, 0.3) is 0 Å². The van der Waals surface area contributed by atoms with E-state index in [9.17, 15) is 9.59 Å². The quantitative estimate of drug-likeness (QED) is 0.781. The number of hydrogen-bond donors (Lipinski definition) is 0. The molecule has 0 bridgehead atoms. The van der Waals surface area contributed by atoms with Crippen molar-refractivity contribution in [2.45, 2.75) is 45.1 Å². The van der Waals surface area contributed by atoms with E-state index in [0.717, 1.165) is 13.1 Å². The zero-order valence-corrected chi connectivity index (χ0v) is 14.7. The van der Waals surface area contributed by atoms with Crippen molar-refractivity contribution in [1.82, 2.24) is 4.90 Å². The van der Waals surface area contributed by atoms with Crippen LogP contribution in [0.1, 0.15) is 39.2 Å². The Bertz CT molecular complexity index is 628. The molecular formula is C19H26N2O3. The predicted molar refractivity (Wildman–Crippen MR) is 93.0 cm³/mol. The monoisotopic (exact) mass is 330 g/mol. The number of benzene rings is 1. The van der Waals surface area contributed by atoms with Gasteiger partial charge in [-0.1, -0.05) is 39.0 Å². The van der Waals surface area contributed by atoms with Gasteiger partial charge in [0.2, 0.25) is 0 Å². The number of rotatable bonds is 2. The molecule has 24 heavy (non-hydrogen) atoms. The molecule has 1 atom stereocenters. The first-order valence-corrected chi connectivity index (χ1v) is 8.69. The summed E-state index contributed by atoms with van der Waals surface area (Å²) in [7, 11) is 0. The zero-order chi connectivity index (χ0) is 17.3. The van der Waals surface area contributed by atoms with Crippen LogP contribution in [0.4, 0.5) is 5.69 Å². The lowest BCUT2D eigenvalue weighted by atomic mass is 9.85. The molecule has 1 unspecified atom stereocenters. The second-order valence-electron chi connectivity index (χ2n) is 7.60. The van der Waals surface area contributed by atoms with Gasteiger partial charge in [0.15, 0.2) is 6.10 Å². The summed E-state index contributed by atoms with van der Waals surface area (Å²) in [5.74, 6) is -0.296. The summed E-state index contributed by atoms with van der Waals surface area (Å²) in [6, 6.07) is 8.50. The van der Waals surface area contributed by atoms with Gasteiger partial charge in [0.1, 0.15) is 0 Å². The van der Waals surface area contributed by atoms with Crippen molar-refractivity contribution in [1.29, 1.82) is 0 Å². The number of cyclic esters (lactones) is 1. The third kappa shape index (κ3) is 3.40. The lowest BCUT2D eigenvalue weighted by molar-refractivity contribution is -0.153. The van der Waals surface area contributed by atoms with Crippen LogP contribution in [0.2, 0.25) is 0 Å². The highest BCUT2D eigenvalue weighted by molar-refractivity contribution is 5.86. The van der Waals surface area contributed by atoms with Gasteiger partial charge in [0.25, 0.3) is 5.91 Å². The molecule has 130 valence electrons. The summed E-state index contributed by atoms with van der Waals surface area (Å²) < 4.78 is 5.11. The highest BCUT2D eigenvalue weighted by atomic mass is 16.6.